The number of aromatic nitrogens is 2. The van der Waals surface area contributed by atoms with Gasteiger partial charge in [-0.1, -0.05) is 59.7 Å². The highest BCUT2D eigenvalue weighted by atomic mass is 32.1. The molecule has 0 saturated heterocycles. The van der Waals surface area contributed by atoms with E-state index in [2.05, 4.69) is 9.97 Å². The first-order valence-corrected chi connectivity index (χ1v) is 18.3. The van der Waals surface area contributed by atoms with Crippen LogP contribution < -0.4 is 5.73 Å². The number of hydrogen-bond acceptors (Lipinski definition) is 10. The summed E-state index contributed by atoms with van der Waals surface area (Å²) in [6, 6.07) is 22.0. The van der Waals surface area contributed by atoms with Crippen molar-refractivity contribution < 1.29 is 24.5 Å². The van der Waals surface area contributed by atoms with E-state index in [1.165, 1.54) is 11.3 Å². The third-order valence-corrected chi connectivity index (χ3v) is 10.9. The SMILES string of the molecule is Cc1ccc(-c2nc(Cc3cc(C)c([N+](=O)[O-])cc3C)sc2C(=O)O)cc1.Cc1ccc(-c2nc(Cc3cc(C)c([N+](=O)[O-])cc3C)sc2C(N)=O)cc1. The zero-order valence-electron chi connectivity index (χ0n) is 30.4. The number of benzene rings is 4. The lowest BCUT2D eigenvalue weighted by Crippen LogP contribution is -2.10. The van der Waals surface area contributed by atoms with Crippen LogP contribution in [0.4, 0.5) is 11.4 Å². The first-order chi connectivity index (χ1) is 25.5. The van der Waals surface area contributed by atoms with Crippen molar-refractivity contribution in [3.8, 4) is 22.5 Å². The van der Waals surface area contributed by atoms with Gasteiger partial charge in [0.2, 0.25) is 0 Å². The fraction of sp³-hybridized carbons (Fsp3) is 0.200. The monoisotopic (exact) mass is 763 g/mol. The Morgan fingerprint density at radius 1 is 0.630 bits per heavy atom. The molecule has 276 valence electrons. The average molecular weight is 764 g/mol. The minimum atomic E-state index is -1.01. The second-order valence-corrected chi connectivity index (χ2v) is 15.1. The van der Waals surface area contributed by atoms with E-state index in [0.29, 0.717) is 45.2 Å². The van der Waals surface area contributed by atoms with E-state index in [9.17, 15) is 34.9 Å². The number of carboxylic acids is 1. The van der Waals surface area contributed by atoms with Crippen LogP contribution in [-0.2, 0) is 12.8 Å². The fourth-order valence-corrected chi connectivity index (χ4v) is 7.74. The van der Waals surface area contributed by atoms with Gasteiger partial charge in [0.05, 0.1) is 31.2 Å². The number of thiazole rings is 2. The van der Waals surface area contributed by atoms with Gasteiger partial charge in [0, 0.05) is 47.2 Å². The highest BCUT2D eigenvalue weighted by Crippen LogP contribution is 2.33. The van der Waals surface area contributed by atoms with Gasteiger partial charge in [0.1, 0.15) is 9.75 Å². The van der Waals surface area contributed by atoms with Gasteiger partial charge in [-0.2, -0.15) is 0 Å². The van der Waals surface area contributed by atoms with Gasteiger partial charge in [-0.3, -0.25) is 25.0 Å². The minimum absolute atomic E-state index is 0.0851. The number of nitro benzene ring substituents is 2. The van der Waals surface area contributed by atoms with Crippen molar-refractivity contribution in [2.45, 2.75) is 54.4 Å². The highest BCUT2D eigenvalue weighted by molar-refractivity contribution is 7.14. The smallest absolute Gasteiger partial charge is 0.348 e. The van der Waals surface area contributed by atoms with Gasteiger partial charge in [-0.05, 0) is 75.9 Å². The number of hydrogen-bond donors (Lipinski definition) is 2. The zero-order chi connectivity index (χ0) is 39.4. The van der Waals surface area contributed by atoms with Gasteiger partial charge >= 0.3 is 5.97 Å². The minimum Gasteiger partial charge on any atom is -0.477 e. The molecule has 2 heterocycles. The van der Waals surface area contributed by atoms with Gasteiger partial charge in [0.25, 0.3) is 17.3 Å². The molecule has 1 amide bonds. The van der Waals surface area contributed by atoms with Crippen LogP contribution in [0.25, 0.3) is 22.5 Å². The van der Waals surface area contributed by atoms with E-state index >= 15 is 0 Å². The molecule has 0 aliphatic carbocycles. The molecule has 6 rings (SSSR count). The van der Waals surface area contributed by atoms with Gasteiger partial charge in [0.15, 0.2) is 0 Å². The number of amides is 1. The number of primary amides is 1. The summed E-state index contributed by atoms with van der Waals surface area (Å²) in [7, 11) is 0. The lowest BCUT2D eigenvalue weighted by atomic mass is 10.0. The van der Waals surface area contributed by atoms with Crippen molar-refractivity contribution in [3.63, 3.8) is 0 Å². The normalized spacial score (nSPS) is 10.8. The number of carbonyl (C=O) groups is 2. The van der Waals surface area contributed by atoms with E-state index < -0.39 is 16.8 Å². The van der Waals surface area contributed by atoms with Crippen molar-refractivity contribution in [2.24, 2.45) is 5.73 Å². The van der Waals surface area contributed by atoms with Crippen LogP contribution in [0.3, 0.4) is 0 Å². The Labute approximate surface area is 319 Å². The fourth-order valence-electron chi connectivity index (χ4n) is 5.83. The van der Waals surface area contributed by atoms with Crippen LogP contribution >= 0.6 is 22.7 Å². The van der Waals surface area contributed by atoms with Crippen molar-refractivity contribution in [2.75, 3.05) is 0 Å². The van der Waals surface area contributed by atoms with Crippen LogP contribution in [-0.4, -0.2) is 36.8 Å². The number of carboxylic acid groups (broad SMARTS) is 1. The number of rotatable bonds is 10. The van der Waals surface area contributed by atoms with Crippen molar-refractivity contribution in [1.29, 1.82) is 0 Å². The molecule has 0 bridgehead atoms. The van der Waals surface area contributed by atoms with E-state index in [1.807, 2.05) is 82.3 Å². The number of carbonyl (C=O) groups excluding carboxylic acids is 1. The molecule has 3 N–H and O–H groups in total. The van der Waals surface area contributed by atoms with Crippen LogP contribution in [0.15, 0.2) is 72.8 Å². The van der Waals surface area contributed by atoms with E-state index in [1.54, 1.807) is 32.0 Å². The molecule has 12 nitrogen and oxygen atoms in total. The molecule has 4 aromatic carbocycles. The molecule has 0 fully saturated rings. The average Bonchev–Trinajstić information content (AvgIpc) is 3.73. The van der Waals surface area contributed by atoms with Crippen LogP contribution in [0.2, 0.25) is 0 Å². The van der Waals surface area contributed by atoms with Crippen molar-refractivity contribution in [1.82, 2.24) is 9.97 Å². The molecule has 0 aliphatic rings. The van der Waals surface area contributed by atoms with Crippen LogP contribution in [0, 0.1) is 61.8 Å². The van der Waals surface area contributed by atoms with Gasteiger partial charge < -0.3 is 10.8 Å². The Hall–Kier alpha value is -6.12. The maximum atomic E-state index is 11.9. The van der Waals surface area contributed by atoms with E-state index in [-0.39, 0.29) is 21.2 Å². The summed E-state index contributed by atoms with van der Waals surface area (Å²) in [4.78, 5) is 54.8. The lowest BCUT2D eigenvalue weighted by molar-refractivity contribution is -0.385. The Morgan fingerprint density at radius 3 is 1.35 bits per heavy atom. The summed E-state index contributed by atoms with van der Waals surface area (Å²) in [5, 5.41) is 33.1. The molecular formula is C40H37N5O7S2. The first-order valence-electron chi connectivity index (χ1n) is 16.7. The first kappa shape index (κ1) is 39.1. The molecule has 0 aliphatic heterocycles. The topological polar surface area (TPSA) is 192 Å². The Kier molecular flexibility index (Phi) is 11.8. The third-order valence-electron chi connectivity index (χ3n) is 8.80. The second kappa shape index (κ2) is 16.3. The van der Waals surface area contributed by atoms with Gasteiger partial charge in [-0.25, -0.2) is 14.8 Å². The number of nitrogens with two attached hydrogens (primary N) is 1. The summed E-state index contributed by atoms with van der Waals surface area (Å²) < 4.78 is 0. The maximum Gasteiger partial charge on any atom is 0.348 e. The summed E-state index contributed by atoms with van der Waals surface area (Å²) in [5.41, 5.74) is 15.2. The van der Waals surface area contributed by atoms with Crippen LogP contribution in [0.1, 0.15) is 73.9 Å². The second-order valence-electron chi connectivity index (χ2n) is 13.0. The highest BCUT2D eigenvalue weighted by Gasteiger charge is 2.22. The number of nitro groups is 2. The summed E-state index contributed by atoms with van der Waals surface area (Å²) in [6.45, 7) is 11.0. The molecule has 0 radical (unpaired) electrons. The molecule has 0 atom stereocenters. The van der Waals surface area contributed by atoms with Gasteiger partial charge in [-0.15, -0.1) is 22.7 Å². The predicted molar refractivity (Wildman–Crippen MR) is 211 cm³/mol. The summed E-state index contributed by atoms with van der Waals surface area (Å²) in [5.74, 6) is -1.52. The molecule has 0 spiro atoms. The van der Waals surface area contributed by atoms with Crippen molar-refractivity contribution >= 4 is 45.9 Å². The largest absolute Gasteiger partial charge is 0.477 e. The predicted octanol–water partition coefficient (Wildman–Crippen LogP) is 9.27. The molecule has 6 aromatic rings. The number of nitrogens with zero attached hydrogens (tertiary/aromatic N) is 4. The maximum absolute atomic E-state index is 11.9. The number of aromatic carboxylic acids is 1. The third kappa shape index (κ3) is 8.90. The molecule has 0 saturated carbocycles. The Morgan fingerprint density at radius 2 is 1.00 bits per heavy atom. The Balaban J connectivity index is 0.000000208. The quantitative estimate of drug-likeness (QED) is 0.101. The standard InChI is InChI=1S/C20H19N3O3S.C20H18N2O4S/c1-11-4-6-14(7-5-11)18-19(20(21)24)27-17(22-18)10-15-8-13(3)16(23(25)26)9-12(15)2;1-11-4-6-14(7-5-11)18-19(20(23)24)27-17(21-18)10-15-8-13(3)16(22(25)26)9-12(15)2/h4-9H,10H2,1-3H3,(H2,21,24);4-9H,10H2,1-3H3,(H,23,24). The summed E-state index contributed by atoms with van der Waals surface area (Å²) >= 11 is 2.41. The zero-order valence-corrected chi connectivity index (χ0v) is 32.1. The Bertz CT molecular complexity index is 2250. The number of aryl methyl sites for hydroxylation is 6. The van der Waals surface area contributed by atoms with Crippen molar-refractivity contribution in [3.05, 3.63) is 157 Å². The molecule has 54 heavy (non-hydrogen) atoms. The molecular weight excluding hydrogens is 727 g/mol. The summed E-state index contributed by atoms with van der Waals surface area (Å²) in [6.07, 6.45) is 0.920. The molecule has 2 aromatic heterocycles. The van der Waals surface area contributed by atoms with E-state index in [0.717, 1.165) is 60.9 Å². The lowest BCUT2D eigenvalue weighted by Gasteiger charge is -2.06. The molecule has 14 heteroatoms. The molecule has 0 unspecified atom stereocenters. The van der Waals surface area contributed by atoms with E-state index in [4.69, 9.17) is 5.73 Å². The van der Waals surface area contributed by atoms with Crippen LogP contribution in [0.5, 0.6) is 0 Å².